The highest BCUT2D eigenvalue weighted by atomic mass is 16.2. The molecule has 0 aliphatic heterocycles. The second-order valence-corrected chi connectivity index (χ2v) is 5.74. The van der Waals surface area contributed by atoms with Crippen molar-refractivity contribution in [2.75, 3.05) is 6.54 Å². The van der Waals surface area contributed by atoms with Gasteiger partial charge in [0, 0.05) is 24.5 Å². The van der Waals surface area contributed by atoms with Crippen LogP contribution in [0, 0.1) is 5.92 Å². The van der Waals surface area contributed by atoms with Crippen LogP contribution in [0.15, 0.2) is 18.5 Å². The summed E-state index contributed by atoms with van der Waals surface area (Å²) in [5, 5.41) is 6.48. The summed E-state index contributed by atoms with van der Waals surface area (Å²) in [6.07, 6.45) is 5.10. The standard InChI is InChI=1S/C16H29N3O/c1-6-15(17-7-2)14-8-9-19(10-14)11-16(20)18-13(5)12(3)4/h8-10,12-13,15,17H,6-7,11H2,1-5H3,(H,18,20). The van der Waals surface area contributed by atoms with E-state index in [1.54, 1.807) is 0 Å². The van der Waals surface area contributed by atoms with Crippen molar-refractivity contribution in [2.45, 2.75) is 59.7 Å². The maximum Gasteiger partial charge on any atom is 0.240 e. The van der Waals surface area contributed by atoms with Crippen molar-refractivity contribution in [3.05, 3.63) is 24.0 Å². The lowest BCUT2D eigenvalue weighted by molar-refractivity contribution is -0.122. The van der Waals surface area contributed by atoms with Crippen LogP contribution in [0.25, 0.3) is 0 Å². The second kappa shape index (κ2) is 8.10. The van der Waals surface area contributed by atoms with E-state index in [-0.39, 0.29) is 11.9 Å². The van der Waals surface area contributed by atoms with E-state index in [2.05, 4.69) is 50.6 Å². The summed E-state index contributed by atoms with van der Waals surface area (Å²) in [6, 6.07) is 2.68. The van der Waals surface area contributed by atoms with Crippen molar-refractivity contribution in [3.63, 3.8) is 0 Å². The topological polar surface area (TPSA) is 46.1 Å². The number of amides is 1. The van der Waals surface area contributed by atoms with Gasteiger partial charge in [-0.1, -0.05) is 27.7 Å². The first-order valence-corrected chi connectivity index (χ1v) is 7.66. The molecule has 0 aromatic carbocycles. The quantitative estimate of drug-likeness (QED) is 0.768. The van der Waals surface area contributed by atoms with Gasteiger partial charge in [-0.3, -0.25) is 4.79 Å². The van der Waals surface area contributed by atoms with E-state index < -0.39 is 0 Å². The first kappa shape index (κ1) is 16.8. The molecular formula is C16H29N3O. The van der Waals surface area contributed by atoms with Crippen LogP contribution in [0.5, 0.6) is 0 Å². The van der Waals surface area contributed by atoms with Crippen LogP contribution in [-0.4, -0.2) is 23.1 Å². The van der Waals surface area contributed by atoms with Crippen LogP contribution in [-0.2, 0) is 11.3 Å². The molecule has 0 bridgehead atoms. The monoisotopic (exact) mass is 279 g/mol. The van der Waals surface area contributed by atoms with Crippen molar-refractivity contribution >= 4 is 5.91 Å². The molecular weight excluding hydrogens is 250 g/mol. The zero-order valence-corrected chi connectivity index (χ0v) is 13.4. The SMILES string of the molecule is CCNC(CC)c1ccn(CC(=O)NC(C)C(C)C)c1. The maximum absolute atomic E-state index is 12.0. The highest BCUT2D eigenvalue weighted by Crippen LogP contribution is 2.16. The first-order valence-electron chi connectivity index (χ1n) is 7.66. The van der Waals surface area contributed by atoms with Gasteiger partial charge >= 0.3 is 0 Å². The number of nitrogens with one attached hydrogen (secondary N) is 2. The lowest BCUT2D eigenvalue weighted by Gasteiger charge is -2.17. The molecule has 0 fully saturated rings. The van der Waals surface area contributed by atoms with Gasteiger partial charge in [-0.15, -0.1) is 0 Å². The van der Waals surface area contributed by atoms with E-state index in [0.29, 0.717) is 18.5 Å². The van der Waals surface area contributed by atoms with Crippen LogP contribution in [0.2, 0.25) is 0 Å². The summed E-state index contributed by atoms with van der Waals surface area (Å²) in [7, 11) is 0. The molecule has 1 aromatic rings. The molecule has 0 aliphatic carbocycles. The van der Waals surface area contributed by atoms with Gasteiger partial charge in [0.2, 0.25) is 5.91 Å². The Morgan fingerprint density at radius 3 is 2.55 bits per heavy atom. The molecule has 2 atom stereocenters. The normalized spacial score (nSPS) is 14.3. The molecule has 1 amide bonds. The minimum absolute atomic E-state index is 0.0739. The fourth-order valence-electron chi connectivity index (χ4n) is 2.14. The van der Waals surface area contributed by atoms with Gasteiger partial charge in [0.1, 0.15) is 6.54 Å². The van der Waals surface area contributed by atoms with E-state index >= 15 is 0 Å². The second-order valence-electron chi connectivity index (χ2n) is 5.74. The van der Waals surface area contributed by atoms with Crippen molar-refractivity contribution in [1.29, 1.82) is 0 Å². The van der Waals surface area contributed by atoms with Crippen LogP contribution in [0.3, 0.4) is 0 Å². The highest BCUT2D eigenvalue weighted by molar-refractivity contribution is 5.76. The Kier molecular flexibility index (Phi) is 6.79. The molecule has 0 radical (unpaired) electrons. The zero-order chi connectivity index (χ0) is 15.1. The average Bonchev–Trinajstić information content (AvgIpc) is 2.83. The fourth-order valence-corrected chi connectivity index (χ4v) is 2.14. The zero-order valence-electron chi connectivity index (χ0n) is 13.4. The average molecular weight is 279 g/mol. The summed E-state index contributed by atoms with van der Waals surface area (Å²) in [4.78, 5) is 12.0. The summed E-state index contributed by atoms with van der Waals surface area (Å²) in [5.74, 6) is 0.530. The molecule has 114 valence electrons. The Bertz CT molecular complexity index is 412. The third kappa shape index (κ3) is 5.00. The van der Waals surface area contributed by atoms with Gasteiger partial charge in [-0.2, -0.15) is 0 Å². The number of nitrogens with zero attached hydrogens (tertiary/aromatic N) is 1. The molecule has 4 nitrogen and oxygen atoms in total. The molecule has 2 N–H and O–H groups in total. The molecule has 1 rings (SSSR count). The van der Waals surface area contributed by atoms with Gasteiger partial charge in [0.25, 0.3) is 0 Å². The summed E-state index contributed by atoms with van der Waals surface area (Å²) < 4.78 is 1.96. The van der Waals surface area contributed by atoms with Crippen molar-refractivity contribution in [2.24, 2.45) is 5.92 Å². The lowest BCUT2D eigenvalue weighted by atomic mass is 10.1. The van der Waals surface area contributed by atoms with E-state index in [9.17, 15) is 4.79 Å². The van der Waals surface area contributed by atoms with Gasteiger partial charge in [0.05, 0.1) is 0 Å². The van der Waals surface area contributed by atoms with E-state index in [4.69, 9.17) is 0 Å². The Labute approximate surface area is 122 Å². The van der Waals surface area contributed by atoms with Gasteiger partial charge in [-0.05, 0) is 37.4 Å². The Balaban J connectivity index is 2.57. The third-order valence-corrected chi connectivity index (χ3v) is 3.75. The van der Waals surface area contributed by atoms with Crippen LogP contribution in [0.4, 0.5) is 0 Å². The number of carbonyl (C=O) groups is 1. The smallest absolute Gasteiger partial charge is 0.240 e. The Hall–Kier alpha value is -1.29. The molecule has 0 saturated carbocycles. The van der Waals surface area contributed by atoms with Crippen molar-refractivity contribution in [3.8, 4) is 0 Å². The summed E-state index contributed by atoms with van der Waals surface area (Å²) in [5.41, 5.74) is 1.25. The Morgan fingerprint density at radius 1 is 1.30 bits per heavy atom. The van der Waals surface area contributed by atoms with Crippen molar-refractivity contribution < 1.29 is 4.79 Å². The minimum atomic E-state index is 0.0739. The molecule has 2 unspecified atom stereocenters. The molecule has 0 saturated heterocycles. The molecule has 1 heterocycles. The van der Waals surface area contributed by atoms with Crippen LogP contribution >= 0.6 is 0 Å². The van der Waals surface area contributed by atoms with E-state index in [1.807, 2.05) is 17.7 Å². The van der Waals surface area contributed by atoms with Crippen LogP contribution < -0.4 is 10.6 Å². The molecule has 4 heteroatoms. The van der Waals surface area contributed by atoms with E-state index in [1.165, 1.54) is 5.56 Å². The molecule has 0 aliphatic rings. The fraction of sp³-hybridized carbons (Fsp3) is 0.688. The van der Waals surface area contributed by atoms with Gasteiger partial charge in [0.15, 0.2) is 0 Å². The maximum atomic E-state index is 12.0. The summed E-state index contributed by atoms with van der Waals surface area (Å²) >= 11 is 0. The number of rotatable bonds is 8. The van der Waals surface area contributed by atoms with E-state index in [0.717, 1.165) is 13.0 Å². The largest absolute Gasteiger partial charge is 0.352 e. The van der Waals surface area contributed by atoms with Gasteiger partial charge in [-0.25, -0.2) is 0 Å². The lowest BCUT2D eigenvalue weighted by Crippen LogP contribution is -2.37. The number of carbonyl (C=O) groups excluding carboxylic acids is 1. The number of hydrogen-bond donors (Lipinski definition) is 2. The molecule has 0 spiro atoms. The minimum Gasteiger partial charge on any atom is -0.352 e. The first-order chi connectivity index (χ1) is 9.47. The van der Waals surface area contributed by atoms with Crippen LogP contribution in [0.1, 0.15) is 52.6 Å². The predicted octanol–water partition coefficient (Wildman–Crippen LogP) is 2.71. The summed E-state index contributed by atoms with van der Waals surface area (Å²) in [6.45, 7) is 11.9. The van der Waals surface area contributed by atoms with Gasteiger partial charge < -0.3 is 15.2 Å². The number of hydrogen-bond acceptors (Lipinski definition) is 2. The Morgan fingerprint density at radius 2 is 2.00 bits per heavy atom. The predicted molar refractivity (Wildman–Crippen MR) is 83.6 cm³/mol. The molecule has 1 aromatic heterocycles. The number of aromatic nitrogens is 1. The highest BCUT2D eigenvalue weighted by Gasteiger charge is 2.13. The molecule has 20 heavy (non-hydrogen) atoms. The van der Waals surface area contributed by atoms with Crippen molar-refractivity contribution in [1.82, 2.24) is 15.2 Å². The third-order valence-electron chi connectivity index (χ3n) is 3.75.